The Morgan fingerprint density at radius 1 is 1.04 bits per heavy atom. The molecule has 0 saturated heterocycles. The summed E-state index contributed by atoms with van der Waals surface area (Å²) in [6.07, 6.45) is 1.84. The minimum Gasteiger partial charge on any atom is -0.411 e. The lowest BCUT2D eigenvalue weighted by molar-refractivity contribution is 0.319. The highest BCUT2D eigenvalue weighted by Crippen LogP contribution is 2.25. The van der Waals surface area contributed by atoms with Gasteiger partial charge in [-0.3, -0.25) is 0 Å². The number of hydrogen-bond acceptors (Lipinski definition) is 5. The fraction of sp³-hybridized carbons (Fsp3) is 0.182. The molecule has 0 saturated carbocycles. The van der Waals surface area contributed by atoms with Crippen molar-refractivity contribution in [1.82, 2.24) is 19.7 Å². The Labute approximate surface area is 163 Å². The number of aromatic nitrogens is 4. The predicted molar refractivity (Wildman–Crippen MR) is 110 cm³/mol. The van der Waals surface area contributed by atoms with Gasteiger partial charge in [-0.1, -0.05) is 43.3 Å². The van der Waals surface area contributed by atoms with Gasteiger partial charge in [0.2, 0.25) is 0 Å². The first-order valence-corrected chi connectivity index (χ1v) is 9.18. The maximum absolute atomic E-state index is 9.02. The van der Waals surface area contributed by atoms with Crippen LogP contribution in [0.5, 0.6) is 0 Å². The highest BCUT2D eigenvalue weighted by molar-refractivity contribution is 5.97. The quantitative estimate of drug-likeness (QED) is 0.317. The summed E-state index contributed by atoms with van der Waals surface area (Å²) in [6, 6.07) is 17.8. The summed E-state index contributed by atoms with van der Waals surface area (Å²) < 4.78 is 1.86. The van der Waals surface area contributed by atoms with E-state index in [1.807, 2.05) is 59.4 Å². The van der Waals surface area contributed by atoms with E-state index < -0.39 is 0 Å². The van der Waals surface area contributed by atoms with Gasteiger partial charge in [-0.05, 0) is 43.2 Å². The second kappa shape index (κ2) is 7.23. The lowest BCUT2D eigenvalue weighted by atomic mass is 10.1. The van der Waals surface area contributed by atoms with Crippen molar-refractivity contribution in [2.75, 3.05) is 0 Å². The second-order valence-electron chi connectivity index (χ2n) is 7.00. The molecule has 1 aromatic carbocycles. The molecule has 0 fully saturated rings. The van der Waals surface area contributed by atoms with Gasteiger partial charge >= 0.3 is 0 Å². The Bertz CT molecular complexity index is 1180. The molecule has 4 aromatic rings. The van der Waals surface area contributed by atoms with Gasteiger partial charge < -0.3 is 5.21 Å². The molecule has 28 heavy (non-hydrogen) atoms. The first-order valence-electron chi connectivity index (χ1n) is 9.18. The van der Waals surface area contributed by atoms with Gasteiger partial charge in [0.05, 0.1) is 23.1 Å². The SMILES string of the molecule is C/C(=N/O)c1cccc(-c2ccc3cnn(-c4cccc(C(C)C)n4)c3c2)n1. The molecule has 3 aromatic heterocycles. The molecule has 0 radical (unpaired) electrons. The summed E-state index contributed by atoms with van der Waals surface area (Å²) in [5.74, 6) is 1.14. The number of hydrogen-bond donors (Lipinski definition) is 1. The number of benzene rings is 1. The zero-order valence-electron chi connectivity index (χ0n) is 16.0. The van der Waals surface area contributed by atoms with Crippen molar-refractivity contribution >= 4 is 16.6 Å². The summed E-state index contributed by atoms with van der Waals surface area (Å²) in [5, 5.41) is 17.8. The number of nitrogens with zero attached hydrogens (tertiary/aromatic N) is 5. The van der Waals surface area contributed by atoms with Gasteiger partial charge in [-0.2, -0.15) is 5.10 Å². The van der Waals surface area contributed by atoms with Crippen molar-refractivity contribution in [1.29, 1.82) is 0 Å². The fourth-order valence-electron chi connectivity index (χ4n) is 3.09. The molecule has 0 bridgehead atoms. The lowest BCUT2D eigenvalue weighted by Crippen LogP contribution is -2.03. The van der Waals surface area contributed by atoms with Crippen molar-refractivity contribution in [2.24, 2.45) is 5.16 Å². The van der Waals surface area contributed by atoms with E-state index in [0.29, 0.717) is 17.3 Å². The standard InChI is InChI=1S/C22H21N5O/c1-14(2)18-6-5-9-22(25-18)27-21-12-16(10-11-17(21)13-23-27)20-8-4-7-19(24-20)15(3)26-28/h4-14,28H,1-3H3/b26-15-. The zero-order chi connectivity index (χ0) is 19.7. The zero-order valence-corrected chi connectivity index (χ0v) is 16.0. The molecular formula is C22H21N5O. The van der Waals surface area contributed by atoms with Crippen LogP contribution in [0.4, 0.5) is 0 Å². The van der Waals surface area contributed by atoms with E-state index in [9.17, 15) is 0 Å². The molecule has 0 unspecified atom stereocenters. The third kappa shape index (κ3) is 3.24. The van der Waals surface area contributed by atoms with Crippen molar-refractivity contribution in [2.45, 2.75) is 26.7 Å². The normalized spacial score (nSPS) is 12.1. The number of fused-ring (bicyclic) bond motifs is 1. The summed E-state index contributed by atoms with van der Waals surface area (Å²) >= 11 is 0. The van der Waals surface area contributed by atoms with E-state index in [1.165, 1.54) is 0 Å². The summed E-state index contributed by atoms with van der Waals surface area (Å²) in [4.78, 5) is 9.37. The highest BCUT2D eigenvalue weighted by Gasteiger charge is 2.11. The van der Waals surface area contributed by atoms with Crippen molar-refractivity contribution < 1.29 is 5.21 Å². The fourth-order valence-corrected chi connectivity index (χ4v) is 3.09. The molecule has 0 atom stereocenters. The van der Waals surface area contributed by atoms with Crippen LogP contribution in [0, 0.1) is 0 Å². The minimum absolute atomic E-state index is 0.348. The Balaban J connectivity index is 1.82. The molecule has 0 aliphatic heterocycles. The molecule has 0 amide bonds. The first kappa shape index (κ1) is 17.9. The lowest BCUT2D eigenvalue weighted by Gasteiger charge is -2.09. The third-order valence-electron chi connectivity index (χ3n) is 4.70. The summed E-state index contributed by atoms with van der Waals surface area (Å²) in [5.41, 5.74) is 4.87. The number of rotatable bonds is 4. The van der Waals surface area contributed by atoms with Gasteiger partial charge in [0, 0.05) is 16.6 Å². The highest BCUT2D eigenvalue weighted by atomic mass is 16.4. The van der Waals surface area contributed by atoms with Crippen LogP contribution in [0.2, 0.25) is 0 Å². The van der Waals surface area contributed by atoms with Crippen LogP contribution in [0.15, 0.2) is 65.9 Å². The van der Waals surface area contributed by atoms with E-state index in [1.54, 1.807) is 6.92 Å². The monoisotopic (exact) mass is 371 g/mol. The smallest absolute Gasteiger partial charge is 0.154 e. The molecule has 6 heteroatoms. The number of oxime groups is 1. The van der Waals surface area contributed by atoms with Crippen LogP contribution in [-0.4, -0.2) is 30.7 Å². The Morgan fingerprint density at radius 2 is 1.86 bits per heavy atom. The molecule has 1 N–H and O–H groups in total. The summed E-state index contributed by atoms with van der Waals surface area (Å²) in [6.45, 7) is 5.97. The number of pyridine rings is 2. The predicted octanol–water partition coefficient (Wildman–Crippen LogP) is 4.80. The van der Waals surface area contributed by atoms with E-state index in [0.717, 1.165) is 33.7 Å². The Kier molecular flexibility index (Phi) is 4.61. The maximum Gasteiger partial charge on any atom is 0.154 e. The van der Waals surface area contributed by atoms with Crippen LogP contribution in [-0.2, 0) is 0 Å². The van der Waals surface area contributed by atoms with Crippen LogP contribution in [0.25, 0.3) is 28.0 Å². The van der Waals surface area contributed by atoms with Gasteiger partial charge in [0.1, 0.15) is 5.71 Å². The van der Waals surface area contributed by atoms with Crippen molar-refractivity contribution in [3.8, 4) is 17.1 Å². The molecular weight excluding hydrogens is 350 g/mol. The van der Waals surface area contributed by atoms with Gasteiger partial charge in [0.15, 0.2) is 5.82 Å². The van der Waals surface area contributed by atoms with Gasteiger partial charge in [-0.25, -0.2) is 14.6 Å². The van der Waals surface area contributed by atoms with E-state index >= 15 is 0 Å². The Hall–Kier alpha value is -3.54. The van der Waals surface area contributed by atoms with Crippen molar-refractivity contribution in [3.05, 3.63) is 72.2 Å². The van der Waals surface area contributed by atoms with E-state index in [4.69, 9.17) is 10.2 Å². The maximum atomic E-state index is 9.02. The summed E-state index contributed by atoms with van der Waals surface area (Å²) in [7, 11) is 0. The minimum atomic E-state index is 0.348. The van der Waals surface area contributed by atoms with Crippen LogP contribution in [0.3, 0.4) is 0 Å². The largest absolute Gasteiger partial charge is 0.411 e. The van der Waals surface area contributed by atoms with E-state index in [-0.39, 0.29) is 0 Å². The van der Waals surface area contributed by atoms with Gasteiger partial charge in [-0.15, -0.1) is 0 Å². The topological polar surface area (TPSA) is 76.2 Å². The first-order chi connectivity index (χ1) is 13.6. The molecule has 0 aliphatic rings. The average molecular weight is 371 g/mol. The molecule has 6 nitrogen and oxygen atoms in total. The van der Waals surface area contributed by atoms with E-state index in [2.05, 4.69) is 35.2 Å². The molecule has 0 aliphatic carbocycles. The molecule has 0 spiro atoms. The van der Waals surface area contributed by atoms with Crippen LogP contribution >= 0.6 is 0 Å². The van der Waals surface area contributed by atoms with Crippen LogP contribution < -0.4 is 0 Å². The van der Waals surface area contributed by atoms with Crippen molar-refractivity contribution in [3.63, 3.8) is 0 Å². The van der Waals surface area contributed by atoms with Gasteiger partial charge in [0.25, 0.3) is 0 Å². The second-order valence-corrected chi connectivity index (χ2v) is 7.00. The molecule has 140 valence electrons. The molecule has 3 heterocycles. The molecule has 4 rings (SSSR count). The Morgan fingerprint density at radius 3 is 2.64 bits per heavy atom. The third-order valence-corrected chi connectivity index (χ3v) is 4.70. The van der Waals surface area contributed by atoms with Crippen LogP contribution in [0.1, 0.15) is 38.1 Å². The average Bonchev–Trinajstić information content (AvgIpc) is 3.16.